The van der Waals surface area contributed by atoms with Gasteiger partial charge in [0.1, 0.15) is 5.03 Å². The maximum atomic E-state index is 10.9. The van der Waals surface area contributed by atoms with Crippen LogP contribution in [0.15, 0.2) is 10.6 Å². The van der Waals surface area contributed by atoms with E-state index in [0.717, 1.165) is 12.0 Å². The van der Waals surface area contributed by atoms with Crippen molar-refractivity contribution in [1.29, 1.82) is 0 Å². The summed E-state index contributed by atoms with van der Waals surface area (Å²) in [6.07, 6.45) is 0.904. The number of methoxy groups -OCH3 is 1. The Morgan fingerprint density at radius 2 is 2.09 bits per heavy atom. The number of carbonyl (C=O) groups excluding carboxylic acids is 1. The summed E-state index contributed by atoms with van der Waals surface area (Å²) in [6, 6.07) is 0. The summed E-state index contributed by atoms with van der Waals surface area (Å²) < 4.78 is 4.48. The van der Waals surface area contributed by atoms with Gasteiger partial charge in [0, 0.05) is 0 Å². The Bertz CT molecular complexity index is 228. The number of esters is 1. The van der Waals surface area contributed by atoms with Crippen LogP contribution in [0.2, 0.25) is 0 Å². The standard InChI is InChI=1S/C8H11ClO2/c1-8(2)4-5(8)6(9)7(10)11-3/h4H2,1-3H3. The zero-order valence-corrected chi connectivity index (χ0v) is 7.66. The fourth-order valence-electron chi connectivity index (χ4n) is 0.985. The SMILES string of the molecule is COC(=O)C(Cl)=C1CC1(C)C. The summed E-state index contributed by atoms with van der Waals surface area (Å²) in [5, 5.41) is 0.262. The van der Waals surface area contributed by atoms with Crippen molar-refractivity contribution in [1.82, 2.24) is 0 Å². The van der Waals surface area contributed by atoms with Gasteiger partial charge in [0.05, 0.1) is 7.11 Å². The number of ether oxygens (including phenoxy) is 1. The second kappa shape index (κ2) is 2.52. The third-order valence-electron chi connectivity index (χ3n) is 1.94. The third kappa shape index (κ3) is 1.56. The normalized spacial score (nSPS) is 24.4. The Morgan fingerprint density at radius 1 is 1.64 bits per heavy atom. The Labute approximate surface area is 71.2 Å². The fraction of sp³-hybridized carbons (Fsp3) is 0.625. The van der Waals surface area contributed by atoms with Crippen LogP contribution in [0.5, 0.6) is 0 Å². The zero-order valence-electron chi connectivity index (χ0n) is 6.90. The molecule has 11 heavy (non-hydrogen) atoms. The minimum atomic E-state index is -0.424. The van der Waals surface area contributed by atoms with Gasteiger partial charge < -0.3 is 4.74 Å². The summed E-state index contributed by atoms with van der Waals surface area (Å²) in [5.74, 6) is -0.424. The van der Waals surface area contributed by atoms with Gasteiger partial charge in [-0.3, -0.25) is 0 Å². The van der Waals surface area contributed by atoms with Crippen LogP contribution in [-0.4, -0.2) is 13.1 Å². The molecule has 0 heterocycles. The average molecular weight is 175 g/mol. The minimum Gasteiger partial charge on any atom is -0.465 e. The van der Waals surface area contributed by atoms with E-state index in [0.29, 0.717) is 0 Å². The highest BCUT2D eigenvalue weighted by Crippen LogP contribution is 2.53. The van der Waals surface area contributed by atoms with E-state index >= 15 is 0 Å². The van der Waals surface area contributed by atoms with E-state index in [1.165, 1.54) is 7.11 Å². The van der Waals surface area contributed by atoms with Crippen molar-refractivity contribution in [2.75, 3.05) is 7.11 Å². The number of carbonyl (C=O) groups is 1. The first-order valence-corrected chi connectivity index (χ1v) is 3.84. The van der Waals surface area contributed by atoms with Crippen molar-refractivity contribution in [3.8, 4) is 0 Å². The number of hydrogen-bond acceptors (Lipinski definition) is 2. The molecule has 0 spiro atoms. The van der Waals surface area contributed by atoms with Crippen molar-refractivity contribution in [2.45, 2.75) is 20.3 Å². The topological polar surface area (TPSA) is 26.3 Å². The van der Waals surface area contributed by atoms with E-state index in [1.54, 1.807) is 0 Å². The molecule has 1 fully saturated rings. The predicted molar refractivity (Wildman–Crippen MR) is 43.3 cm³/mol. The Hall–Kier alpha value is -0.500. The van der Waals surface area contributed by atoms with Gasteiger partial charge in [-0.15, -0.1) is 0 Å². The van der Waals surface area contributed by atoms with Gasteiger partial charge in [0.25, 0.3) is 0 Å². The van der Waals surface area contributed by atoms with Gasteiger partial charge >= 0.3 is 5.97 Å². The summed E-state index contributed by atoms with van der Waals surface area (Å²) >= 11 is 5.72. The second-order valence-electron chi connectivity index (χ2n) is 3.34. The van der Waals surface area contributed by atoms with E-state index in [-0.39, 0.29) is 10.4 Å². The molecule has 0 radical (unpaired) electrons. The van der Waals surface area contributed by atoms with Gasteiger partial charge in [-0.2, -0.15) is 0 Å². The Kier molecular flexibility index (Phi) is 1.97. The van der Waals surface area contributed by atoms with Crippen LogP contribution in [0, 0.1) is 5.41 Å². The lowest BCUT2D eigenvalue weighted by atomic mass is 10.2. The first-order valence-electron chi connectivity index (χ1n) is 3.46. The number of hydrogen-bond donors (Lipinski definition) is 0. The molecule has 2 nitrogen and oxygen atoms in total. The largest absolute Gasteiger partial charge is 0.465 e. The molecule has 62 valence electrons. The second-order valence-corrected chi connectivity index (χ2v) is 3.72. The van der Waals surface area contributed by atoms with Crippen molar-refractivity contribution in [3.05, 3.63) is 10.6 Å². The van der Waals surface area contributed by atoms with Gasteiger partial charge in [0.2, 0.25) is 0 Å². The van der Waals surface area contributed by atoms with Crippen molar-refractivity contribution in [2.24, 2.45) is 5.41 Å². The van der Waals surface area contributed by atoms with Crippen molar-refractivity contribution in [3.63, 3.8) is 0 Å². The van der Waals surface area contributed by atoms with E-state index in [2.05, 4.69) is 4.74 Å². The van der Waals surface area contributed by atoms with Crippen LogP contribution in [0.4, 0.5) is 0 Å². The minimum absolute atomic E-state index is 0.116. The number of rotatable bonds is 1. The number of allylic oxidation sites excluding steroid dienone is 1. The first-order chi connectivity index (χ1) is 4.99. The van der Waals surface area contributed by atoms with Crippen LogP contribution in [0.3, 0.4) is 0 Å². The Morgan fingerprint density at radius 3 is 2.36 bits per heavy atom. The fourth-order valence-corrected chi connectivity index (χ4v) is 1.39. The molecule has 0 aliphatic heterocycles. The molecule has 0 saturated heterocycles. The first kappa shape index (κ1) is 8.60. The van der Waals surface area contributed by atoms with Crippen LogP contribution in [0.25, 0.3) is 0 Å². The molecule has 3 heteroatoms. The smallest absolute Gasteiger partial charge is 0.349 e. The lowest BCUT2D eigenvalue weighted by molar-refractivity contribution is -0.135. The molecular formula is C8H11ClO2. The summed E-state index contributed by atoms with van der Waals surface area (Å²) in [5.41, 5.74) is 1.12. The molecular weight excluding hydrogens is 164 g/mol. The van der Waals surface area contributed by atoms with Gasteiger partial charge in [-0.05, 0) is 17.4 Å². The molecule has 0 bridgehead atoms. The average Bonchev–Trinajstić information content (AvgIpc) is 2.56. The Balaban J connectivity index is 2.77. The predicted octanol–water partition coefficient (Wildman–Crippen LogP) is 2.08. The van der Waals surface area contributed by atoms with Gasteiger partial charge in [-0.1, -0.05) is 25.4 Å². The highest BCUT2D eigenvalue weighted by Gasteiger charge is 2.42. The molecule has 1 rings (SSSR count). The highest BCUT2D eigenvalue weighted by atomic mass is 35.5. The third-order valence-corrected chi connectivity index (χ3v) is 2.32. The molecule has 0 unspecified atom stereocenters. The van der Waals surface area contributed by atoms with Crippen LogP contribution < -0.4 is 0 Å². The summed E-state index contributed by atoms with van der Waals surface area (Å²) in [6.45, 7) is 4.10. The molecule has 0 N–H and O–H groups in total. The number of halogens is 1. The maximum Gasteiger partial charge on any atom is 0.349 e. The molecule has 1 aliphatic carbocycles. The molecule has 0 aromatic rings. The monoisotopic (exact) mass is 174 g/mol. The van der Waals surface area contributed by atoms with Crippen LogP contribution >= 0.6 is 11.6 Å². The van der Waals surface area contributed by atoms with E-state index < -0.39 is 5.97 Å². The molecule has 1 saturated carbocycles. The molecule has 1 aliphatic rings. The van der Waals surface area contributed by atoms with Crippen molar-refractivity contribution < 1.29 is 9.53 Å². The van der Waals surface area contributed by atoms with E-state index in [4.69, 9.17) is 11.6 Å². The zero-order chi connectivity index (χ0) is 8.65. The van der Waals surface area contributed by atoms with Crippen molar-refractivity contribution >= 4 is 17.6 Å². The highest BCUT2D eigenvalue weighted by molar-refractivity contribution is 6.42. The molecule has 0 aromatic heterocycles. The molecule has 0 atom stereocenters. The van der Waals surface area contributed by atoms with Crippen LogP contribution in [-0.2, 0) is 9.53 Å². The van der Waals surface area contributed by atoms with Gasteiger partial charge in [0.15, 0.2) is 0 Å². The maximum absolute atomic E-state index is 10.9. The molecule has 0 aromatic carbocycles. The lowest BCUT2D eigenvalue weighted by Gasteiger charge is -1.97. The molecule has 0 amide bonds. The van der Waals surface area contributed by atoms with Crippen LogP contribution in [0.1, 0.15) is 20.3 Å². The van der Waals surface area contributed by atoms with E-state index in [1.807, 2.05) is 13.8 Å². The summed E-state index contributed by atoms with van der Waals surface area (Å²) in [4.78, 5) is 10.9. The quantitative estimate of drug-likeness (QED) is 0.450. The summed E-state index contributed by atoms with van der Waals surface area (Å²) in [7, 11) is 1.33. The van der Waals surface area contributed by atoms with Gasteiger partial charge in [-0.25, -0.2) is 4.79 Å². The van der Waals surface area contributed by atoms with E-state index in [9.17, 15) is 4.79 Å². The lowest BCUT2D eigenvalue weighted by Crippen LogP contribution is -2.00.